The second-order valence-corrected chi connectivity index (χ2v) is 6.38. The summed E-state index contributed by atoms with van der Waals surface area (Å²) in [7, 11) is 1.80. The lowest BCUT2D eigenvalue weighted by Crippen LogP contribution is -2.18. The molecule has 0 atom stereocenters. The van der Waals surface area contributed by atoms with Crippen LogP contribution in [0.2, 0.25) is 0 Å². The first-order valence-electron chi connectivity index (χ1n) is 8.75. The summed E-state index contributed by atoms with van der Waals surface area (Å²) in [6, 6.07) is 25.1. The highest BCUT2D eigenvalue weighted by atomic mass is 16.5. The first-order chi connectivity index (χ1) is 13.2. The van der Waals surface area contributed by atoms with E-state index >= 15 is 0 Å². The largest absolute Gasteiger partial charge is 0.457 e. The first-order valence-corrected chi connectivity index (χ1v) is 8.75. The molecule has 3 nitrogen and oxygen atoms in total. The van der Waals surface area contributed by atoms with Gasteiger partial charge in [0.2, 0.25) is 0 Å². The minimum Gasteiger partial charge on any atom is -0.457 e. The van der Waals surface area contributed by atoms with Crippen molar-refractivity contribution in [3.05, 3.63) is 101 Å². The molecule has 1 aromatic heterocycles. The van der Waals surface area contributed by atoms with Crippen molar-refractivity contribution in [2.45, 2.75) is 0 Å². The van der Waals surface area contributed by atoms with E-state index in [-0.39, 0.29) is 5.56 Å². The average molecular weight is 353 g/mol. The van der Waals surface area contributed by atoms with Gasteiger partial charge >= 0.3 is 0 Å². The second-order valence-electron chi connectivity index (χ2n) is 6.38. The van der Waals surface area contributed by atoms with Crippen molar-refractivity contribution in [2.75, 3.05) is 0 Å². The van der Waals surface area contributed by atoms with Gasteiger partial charge in [0, 0.05) is 12.6 Å². The van der Waals surface area contributed by atoms with E-state index in [1.54, 1.807) is 17.7 Å². The van der Waals surface area contributed by atoms with Crippen LogP contribution in [0.3, 0.4) is 0 Å². The Bertz CT molecular complexity index is 1170. The van der Waals surface area contributed by atoms with Crippen LogP contribution in [0.25, 0.3) is 28.1 Å². The van der Waals surface area contributed by atoms with Crippen molar-refractivity contribution >= 4 is 17.0 Å². The molecule has 0 saturated carbocycles. The summed E-state index contributed by atoms with van der Waals surface area (Å²) in [5, 5.41) is 1.04. The number of hydrogen-bond acceptors (Lipinski definition) is 2. The fraction of sp³-hybridized carbons (Fsp3) is 0.0417. The molecular formula is C24H19NO2. The molecule has 0 radical (unpaired) electrons. The van der Waals surface area contributed by atoms with Crippen LogP contribution in [0.4, 0.5) is 0 Å². The molecule has 4 rings (SSSR count). The Morgan fingerprint density at radius 1 is 0.889 bits per heavy atom. The maximum absolute atomic E-state index is 12.7. The molecule has 4 aromatic rings. The van der Waals surface area contributed by atoms with Gasteiger partial charge in [-0.1, -0.05) is 55.1 Å². The summed E-state index contributed by atoms with van der Waals surface area (Å²) in [5.74, 6) is 1.48. The Morgan fingerprint density at radius 3 is 2.19 bits per heavy atom. The lowest BCUT2D eigenvalue weighted by Gasteiger charge is -2.10. The molecule has 0 bridgehead atoms. The van der Waals surface area contributed by atoms with Gasteiger partial charge in [0.25, 0.3) is 5.56 Å². The standard InChI is InChI=1S/C24H19NO2/c1-3-17-8-12-20(13-9-17)27-21-14-10-18(11-15-21)22-16-19-6-4-5-7-23(19)25(2)24(22)26/h3-16H,1H2,2H3. The van der Waals surface area contributed by atoms with Gasteiger partial charge in [0.1, 0.15) is 11.5 Å². The van der Waals surface area contributed by atoms with E-state index in [9.17, 15) is 4.79 Å². The molecule has 0 N–H and O–H groups in total. The summed E-state index contributed by atoms with van der Waals surface area (Å²) >= 11 is 0. The highest BCUT2D eigenvalue weighted by molar-refractivity contribution is 5.84. The molecule has 0 aliphatic carbocycles. The summed E-state index contributed by atoms with van der Waals surface area (Å²) in [4.78, 5) is 12.7. The molecular weight excluding hydrogens is 334 g/mol. The van der Waals surface area contributed by atoms with Crippen molar-refractivity contribution in [3.8, 4) is 22.6 Å². The summed E-state index contributed by atoms with van der Waals surface area (Å²) < 4.78 is 7.57. The number of fused-ring (bicyclic) bond motifs is 1. The molecule has 0 spiro atoms. The predicted molar refractivity (Wildman–Crippen MR) is 111 cm³/mol. The van der Waals surface area contributed by atoms with E-state index in [0.29, 0.717) is 5.56 Å². The molecule has 132 valence electrons. The van der Waals surface area contributed by atoms with Crippen LogP contribution in [-0.2, 0) is 7.05 Å². The zero-order chi connectivity index (χ0) is 18.8. The van der Waals surface area contributed by atoms with Crippen molar-refractivity contribution in [3.63, 3.8) is 0 Å². The topological polar surface area (TPSA) is 31.2 Å². The van der Waals surface area contributed by atoms with Crippen molar-refractivity contribution in [2.24, 2.45) is 7.05 Å². The Hall–Kier alpha value is -3.59. The molecule has 0 saturated heterocycles. The molecule has 27 heavy (non-hydrogen) atoms. The number of para-hydroxylation sites is 1. The number of nitrogens with zero attached hydrogens (tertiary/aromatic N) is 1. The molecule has 0 unspecified atom stereocenters. The number of aryl methyl sites for hydroxylation is 1. The number of benzene rings is 3. The SMILES string of the molecule is C=Cc1ccc(Oc2ccc(-c3cc4ccccc4n(C)c3=O)cc2)cc1. The number of pyridine rings is 1. The van der Waals surface area contributed by atoms with Gasteiger partial charge in [-0.2, -0.15) is 0 Å². The lowest BCUT2D eigenvalue weighted by atomic mass is 10.0. The van der Waals surface area contributed by atoms with Crippen molar-refractivity contribution < 1.29 is 4.74 Å². The summed E-state index contributed by atoms with van der Waals surface area (Å²) in [5.41, 5.74) is 3.51. The van der Waals surface area contributed by atoms with Crippen molar-refractivity contribution in [1.29, 1.82) is 0 Å². The summed E-state index contributed by atoms with van der Waals surface area (Å²) in [6.45, 7) is 3.75. The van der Waals surface area contributed by atoms with Crippen molar-refractivity contribution in [1.82, 2.24) is 4.57 Å². The zero-order valence-electron chi connectivity index (χ0n) is 15.1. The minimum atomic E-state index is -0.0117. The van der Waals surface area contributed by atoms with Crippen LogP contribution >= 0.6 is 0 Å². The molecule has 0 aliphatic heterocycles. The Morgan fingerprint density at radius 2 is 1.52 bits per heavy atom. The van der Waals surface area contributed by atoms with E-state index in [2.05, 4.69) is 6.58 Å². The van der Waals surface area contributed by atoms with Gasteiger partial charge < -0.3 is 9.30 Å². The second kappa shape index (κ2) is 6.96. The fourth-order valence-electron chi connectivity index (χ4n) is 3.14. The van der Waals surface area contributed by atoms with Crippen LogP contribution < -0.4 is 10.3 Å². The fourth-order valence-corrected chi connectivity index (χ4v) is 3.14. The monoisotopic (exact) mass is 353 g/mol. The van der Waals surface area contributed by atoms with Crippen LogP contribution in [-0.4, -0.2) is 4.57 Å². The summed E-state index contributed by atoms with van der Waals surface area (Å²) in [6.07, 6.45) is 1.79. The first kappa shape index (κ1) is 16.9. The Balaban J connectivity index is 1.66. The maximum Gasteiger partial charge on any atom is 0.258 e. The van der Waals surface area contributed by atoms with Crippen LogP contribution in [0.1, 0.15) is 5.56 Å². The number of rotatable bonds is 4. The van der Waals surface area contributed by atoms with E-state index < -0.39 is 0 Å². The van der Waals surface area contributed by atoms with E-state index in [1.165, 1.54) is 0 Å². The molecule has 3 heteroatoms. The predicted octanol–water partition coefficient (Wildman–Crippen LogP) is 5.64. The average Bonchev–Trinajstić information content (AvgIpc) is 2.72. The van der Waals surface area contributed by atoms with Crippen LogP contribution in [0.15, 0.2) is 90.2 Å². The van der Waals surface area contributed by atoms with Gasteiger partial charge in [-0.15, -0.1) is 0 Å². The van der Waals surface area contributed by atoms with E-state index in [4.69, 9.17) is 4.74 Å². The number of aromatic nitrogens is 1. The minimum absolute atomic E-state index is 0.0117. The quantitative estimate of drug-likeness (QED) is 0.475. The van der Waals surface area contributed by atoms with Gasteiger partial charge in [0.15, 0.2) is 0 Å². The maximum atomic E-state index is 12.7. The number of hydrogen-bond donors (Lipinski definition) is 0. The van der Waals surface area contributed by atoms with Crippen LogP contribution in [0, 0.1) is 0 Å². The lowest BCUT2D eigenvalue weighted by molar-refractivity contribution is 0.483. The third-order valence-corrected chi connectivity index (χ3v) is 4.65. The molecule has 1 heterocycles. The third-order valence-electron chi connectivity index (χ3n) is 4.65. The van der Waals surface area contributed by atoms with Crippen LogP contribution in [0.5, 0.6) is 11.5 Å². The highest BCUT2D eigenvalue weighted by Gasteiger charge is 2.09. The normalized spacial score (nSPS) is 10.7. The Kier molecular flexibility index (Phi) is 4.35. The third kappa shape index (κ3) is 3.27. The van der Waals surface area contributed by atoms with E-state index in [1.807, 2.05) is 78.9 Å². The highest BCUT2D eigenvalue weighted by Crippen LogP contribution is 2.26. The molecule has 0 aliphatic rings. The van der Waals surface area contributed by atoms with Gasteiger partial charge in [-0.05, 0) is 52.9 Å². The Labute approximate surface area is 157 Å². The van der Waals surface area contributed by atoms with Gasteiger partial charge in [-0.3, -0.25) is 4.79 Å². The number of ether oxygens (including phenoxy) is 1. The van der Waals surface area contributed by atoms with Gasteiger partial charge in [0.05, 0.1) is 5.52 Å². The molecule has 0 amide bonds. The smallest absolute Gasteiger partial charge is 0.258 e. The molecule has 3 aromatic carbocycles. The molecule has 0 fully saturated rings. The van der Waals surface area contributed by atoms with Gasteiger partial charge in [-0.25, -0.2) is 0 Å². The van der Waals surface area contributed by atoms with E-state index in [0.717, 1.165) is 33.5 Å². The zero-order valence-corrected chi connectivity index (χ0v) is 15.1.